The van der Waals surface area contributed by atoms with Crippen molar-refractivity contribution in [3.63, 3.8) is 0 Å². The lowest BCUT2D eigenvalue weighted by Gasteiger charge is -2.16. The SMILES string of the molecule is COCCCNc1nc2c(c(=O)[nH]c(=O)n2C)n1CC(O)COc1ccc(C)cc1. The molecule has 162 valence electrons. The number of rotatable bonds is 10. The number of aliphatic hydroxyl groups is 1. The van der Waals surface area contributed by atoms with Crippen molar-refractivity contribution in [1.29, 1.82) is 0 Å². The summed E-state index contributed by atoms with van der Waals surface area (Å²) in [6, 6.07) is 7.51. The lowest BCUT2D eigenvalue weighted by atomic mass is 10.2. The van der Waals surface area contributed by atoms with Crippen molar-refractivity contribution in [2.24, 2.45) is 7.05 Å². The lowest BCUT2D eigenvalue weighted by Crippen LogP contribution is -2.31. The molecular formula is C20H27N5O5. The fraction of sp³-hybridized carbons (Fsp3) is 0.450. The fourth-order valence-corrected chi connectivity index (χ4v) is 3.05. The lowest BCUT2D eigenvalue weighted by molar-refractivity contribution is 0.0938. The number of imidazole rings is 1. The molecule has 10 nitrogen and oxygen atoms in total. The third-order valence-corrected chi connectivity index (χ3v) is 4.67. The Morgan fingerprint density at radius 2 is 2.00 bits per heavy atom. The maximum Gasteiger partial charge on any atom is 0.329 e. The predicted molar refractivity (Wildman–Crippen MR) is 113 cm³/mol. The highest BCUT2D eigenvalue weighted by Crippen LogP contribution is 2.17. The van der Waals surface area contributed by atoms with Gasteiger partial charge in [0.05, 0.1) is 6.54 Å². The minimum absolute atomic E-state index is 0.0372. The molecule has 1 aromatic carbocycles. The molecule has 10 heteroatoms. The molecule has 0 aliphatic heterocycles. The van der Waals surface area contributed by atoms with Crippen LogP contribution in [-0.2, 0) is 18.3 Å². The average molecular weight is 417 g/mol. The van der Waals surface area contributed by atoms with Gasteiger partial charge in [0.1, 0.15) is 18.5 Å². The van der Waals surface area contributed by atoms with E-state index in [0.29, 0.717) is 24.8 Å². The highest BCUT2D eigenvalue weighted by Gasteiger charge is 2.19. The summed E-state index contributed by atoms with van der Waals surface area (Å²) in [6.07, 6.45) is -0.173. The van der Waals surface area contributed by atoms with Gasteiger partial charge < -0.3 is 24.5 Å². The molecule has 0 spiro atoms. The summed E-state index contributed by atoms with van der Waals surface area (Å²) in [5, 5.41) is 13.7. The van der Waals surface area contributed by atoms with Gasteiger partial charge >= 0.3 is 5.69 Å². The van der Waals surface area contributed by atoms with Crippen LogP contribution in [0, 0.1) is 6.92 Å². The van der Waals surface area contributed by atoms with Gasteiger partial charge in [-0.05, 0) is 25.5 Å². The summed E-state index contributed by atoms with van der Waals surface area (Å²) in [5.41, 5.74) is 0.454. The van der Waals surface area contributed by atoms with Crippen molar-refractivity contribution < 1.29 is 14.6 Å². The van der Waals surface area contributed by atoms with Gasteiger partial charge in [-0.1, -0.05) is 17.7 Å². The minimum atomic E-state index is -0.903. The van der Waals surface area contributed by atoms with Gasteiger partial charge in [0, 0.05) is 27.3 Å². The van der Waals surface area contributed by atoms with Crippen LogP contribution in [0.15, 0.2) is 33.9 Å². The number of aliphatic hydroxyl groups excluding tert-OH is 1. The van der Waals surface area contributed by atoms with Gasteiger partial charge in [-0.3, -0.25) is 14.3 Å². The average Bonchev–Trinajstić information content (AvgIpc) is 3.08. The van der Waals surface area contributed by atoms with Gasteiger partial charge in [0.2, 0.25) is 5.95 Å². The van der Waals surface area contributed by atoms with E-state index in [-0.39, 0.29) is 24.3 Å². The normalized spacial score (nSPS) is 12.3. The summed E-state index contributed by atoms with van der Waals surface area (Å²) < 4.78 is 13.5. The van der Waals surface area contributed by atoms with Crippen molar-refractivity contribution in [2.45, 2.75) is 26.0 Å². The second kappa shape index (κ2) is 9.59. The maximum absolute atomic E-state index is 12.5. The van der Waals surface area contributed by atoms with E-state index >= 15 is 0 Å². The number of aryl methyl sites for hydroxylation is 2. The number of nitrogens with zero attached hydrogens (tertiary/aromatic N) is 3. The van der Waals surface area contributed by atoms with Crippen LogP contribution in [0.25, 0.3) is 11.2 Å². The van der Waals surface area contributed by atoms with E-state index in [2.05, 4.69) is 15.3 Å². The number of aromatic amines is 1. The van der Waals surface area contributed by atoms with Crippen LogP contribution in [0.2, 0.25) is 0 Å². The molecule has 0 aliphatic carbocycles. The molecule has 0 saturated heterocycles. The summed E-state index contributed by atoms with van der Waals surface area (Å²) in [6.45, 7) is 3.21. The Bertz CT molecular complexity index is 1100. The van der Waals surface area contributed by atoms with E-state index < -0.39 is 17.4 Å². The third kappa shape index (κ3) is 4.89. The first kappa shape index (κ1) is 21.6. The number of aromatic nitrogens is 4. The van der Waals surface area contributed by atoms with Crippen LogP contribution >= 0.6 is 0 Å². The van der Waals surface area contributed by atoms with Crippen molar-refractivity contribution >= 4 is 17.1 Å². The molecule has 2 aromatic heterocycles. The molecule has 0 bridgehead atoms. The highest BCUT2D eigenvalue weighted by molar-refractivity contribution is 5.74. The van der Waals surface area contributed by atoms with Crippen molar-refractivity contribution in [3.8, 4) is 5.75 Å². The first-order valence-corrected chi connectivity index (χ1v) is 9.70. The van der Waals surface area contributed by atoms with Crippen LogP contribution in [0.4, 0.5) is 5.95 Å². The number of nitrogens with one attached hydrogen (secondary N) is 2. The highest BCUT2D eigenvalue weighted by atomic mass is 16.5. The van der Waals surface area contributed by atoms with E-state index in [1.54, 1.807) is 11.7 Å². The molecule has 1 atom stereocenters. The van der Waals surface area contributed by atoms with Gasteiger partial charge in [-0.25, -0.2) is 4.79 Å². The summed E-state index contributed by atoms with van der Waals surface area (Å²) >= 11 is 0. The minimum Gasteiger partial charge on any atom is -0.491 e. The van der Waals surface area contributed by atoms with E-state index in [9.17, 15) is 14.7 Å². The summed E-state index contributed by atoms with van der Waals surface area (Å²) in [5.74, 6) is 1.04. The zero-order valence-corrected chi connectivity index (χ0v) is 17.3. The number of benzene rings is 1. The van der Waals surface area contributed by atoms with E-state index in [4.69, 9.17) is 9.47 Å². The predicted octanol–water partition coefficient (Wildman–Crippen LogP) is 0.620. The molecule has 30 heavy (non-hydrogen) atoms. The Morgan fingerprint density at radius 1 is 1.27 bits per heavy atom. The Kier molecular flexibility index (Phi) is 6.91. The zero-order valence-electron chi connectivity index (χ0n) is 17.3. The number of fused-ring (bicyclic) bond motifs is 1. The Morgan fingerprint density at radius 3 is 2.70 bits per heavy atom. The summed E-state index contributed by atoms with van der Waals surface area (Å²) in [7, 11) is 3.15. The van der Waals surface area contributed by atoms with Crippen LogP contribution in [0.1, 0.15) is 12.0 Å². The smallest absolute Gasteiger partial charge is 0.329 e. The molecule has 0 saturated carbocycles. The van der Waals surface area contributed by atoms with Crippen LogP contribution < -0.4 is 21.3 Å². The molecule has 3 aromatic rings. The second-order valence-electron chi connectivity index (χ2n) is 7.09. The third-order valence-electron chi connectivity index (χ3n) is 4.67. The fourth-order valence-electron chi connectivity index (χ4n) is 3.05. The number of H-pyrrole nitrogens is 1. The first-order chi connectivity index (χ1) is 14.4. The second-order valence-corrected chi connectivity index (χ2v) is 7.09. The van der Waals surface area contributed by atoms with Crippen molar-refractivity contribution in [3.05, 3.63) is 50.7 Å². The van der Waals surface area contributed by atoms with Crippen molar-refractivity contribution in [1.82, 2.24) is 19.1 Å². The van der Waals surface area contributed by atoms with Crippen LogP contribution in [0.5, 0.6) is 5.75 Å². The maximum atomic E-state index is 12.5. The Labute approximate surface area is 173 Å². The largest absolute Gasteiger partial charge is 0.491 e. The zero-order chi connectivity index (χ0) is 21.7. The number of hydrogen-bond donors (Lipinski definition) is 3. The number of hydrogen-bond acceptors (Lipinski definition) is 7. The number of methoxy groups -OCH3 is 1. The summed E-state index contributed by atoms with van der Waals surface area (Å²) in [4.78, 5) is 31.1. The van der Waals surface area contributed by atoms with Crippen LogP contribution in [-0.4, -0.2) is 57.2 Å². The monoisotopic (exact) mass is 417 g/mol. The van der Waals surface area contributed by atoms with E-state index in [1.165, 1.54) is 11.6 Å². The van der Waals surface area contributed by atoms with Crippen LogP contribution in [0.3, 0.4) is 0 Å². The van der Waals surface area contributed by atoms with E-state index in [1.807, 2.05) is 31.2 Å². The van der Waals surface area contributed by atoms with Gasteiger partial charge in [0.25, 0.3) is 5.56 Å². The first-order valence-electron chi connectivity index (χ1n) is 9.70. The Hall–Kier alpha value is -3.11. The van der Waals surface area contributed by atoms with E-state index in [0.717, 1.165) is 12.0 Å². The van der Waals surface area contributed by atoms with Gasteiger partial charge in [0.15, 0.2) is 11.2 Å². The molecule has 3 rings (SSSR count). The van der Waals surface area contributed by atoms with Gasteiger partial charge in [-0.2, -0.15) is 4.98 Å². The Balaban J connectivity index is 1.84. The topological polar surface area (TPSA) is 123 Å². The molecule has 0 radical (unpaired) electrons. The quantitative estimate of drug-likeness (QED) is 0.413. The molecule has 1 unspecified atom stereocenters. The molecule has 0 amide bonds. The standard InChI is InChI=1S/C20H27N5O5/c1-13-5-7-15(8-6-13)30-12-14(26)11-25-16-17(24(2)20(28)23-18(16)27)22-19(25)21-9-4-10-29-3/h5-8,14,26H,4,9-12H2,1-3H3,(H,21,22)(H,23,27,28). The molecular weight excluding hydrogens is 390 g/mol. The molecule has 0 aliphatic rings. The molecule has 0 fully saturated rings. The molecule has 2 heterocycles. The number of anilines is 1. The van der Waals surface area contributed by atoms with Gasteiger partial charge in [-0.15, -0.1) is 0 Å². The van der Waals surface area contributed by atoms with Crippen molar-refractivity contribution in [2.75, 3.05) is 32.2 Å². The molecule has 3 N–H and O–H groups in total. The number of ether oxygens (including phenoxy) is 2.